The number of anilines is 1. The molecule has 2 rings (SSSR count). The van der Waals surface area contributed by atoms with Crippen molar-refractivity contribution in [1.29, 1.82) is 0 Å². The van der Waals surface area contributed by atoms with Gasteiger partial charge in [0.2, 0.25) is 11.8 Å². The van der Waals surface area contributed by atoms with E-state index in [1.807, 2.05) is 0 Å². The zero-order valence-electron chi connectivity index (χ0n) is 9.34. The molecule has 1 aliphatic rings. The van der Waals surface area contributed by atoms with Crippen molar-refractivity contribution in [2.45, 2.75) is 13.0 Å². The lowest BCUT2D eigenvalue weighted by molar-refractivity contribution is -0.130. The molecule has 1 N–H and O–H groups in total. The van der Waals surface area contributed by atoms with Crippen LogP contribution in [-0.4, -0.2) is 24.4 Å². The van der Waals surface area contributed by atoms with E-state index in [0.29, 0.717) is 15.2 Å². The van der Waals surface area contributed by atoms with Gasteiger partial charge in [0, 0.05) is 4.47 Å². The third kappa shape index (κ3) is 2.35. The van der Waals surface area contributed by atoms with Crippen LogP contribution in [0.1, 0.15) is 6.92 Å². The van der Waals surface area contributed by atoms with Gasteiger partial charge in [-0.3, -0.25) is 14.5 Å². The molecule has 0 aliphatic carbocycles. The monoisotopic (exact) mass is 350 g/mol. The van der Waals surface area contributed by atoms with Crippen molar-refractivity contribution in [2.24, 2.45) is 0 Å². The van der Waals surface area contributed by atoms with E-state index in [4.69, 9.17) is 23.2 Å². The lowest BCUT2D eigenvalue weighted by Gasteiger charge is -2.31. The van der Waals surface area contributed by atoms with Gasteiger partial charge in [0.15, 0.2) is 0 Å². The Morgan fingerprint density at radius 3 is 2.67 bits per heavy atom. The molecule has 0 radical (unpaired) electrons. The highest BCUT2D eigenvalue weighted by Gasteiger charge is 2.32. The Morgan fingerprint density at radius 2 is 2.00 bits per heavy atom. The van der Waals surface area contributed by atoms with Gasteiger partial charge < -0.3 is 5.32 Å². The van der Waals surface area contributed by atoms with Crippen LogP contribution in [0.25, 0.3) is 0 Å². The van der Waals surface area contributed by atoms with Gasteiger partial charge in [0.1, 0.15) is 12.6 Å². The van der Waals surface area contributed by atoms with E-state index < -0.39 is 6.04 Å². The Hall–Kier alpha value is -0.780. The third-order valence-corrected chi connectivity index (χ3v) is 4.38. The highest BCUT2D eigenvalue weighted by atomic mass is 79.9. The molecular formula is C11H9BrCl2N2O2. The first kappa shape index (κ1) is 13.6. The second-order valence-corrected chi connectivity index (χ2v) is 5.52. The van der Waals surface area contributed by atoms with Crippen LogP contribution >= 0.6 is 39.1 Å². The number of piperazine rings is 1. The average Bonchev–Trinajstić information content (AvgIpc) is 2.31. The molecule has 0 spiro atoms. The molecule has 1 fully saturated rings. The number of rotatable bonds is 1. The number of amides is 2. The normalized spacial score (nSPS) is 20.0. The molecule has 1 atom stereocenters. The highest BCUT2D eigenvalue weighted by molar-refractivity contribution is 9.10. The van der Waals surface area contributed by atoms with Crippen LogP contribution in [-0.2, 0) is 9.59 Å². The molecule has 1 aromatic carbocycles. The predicted octanol–water partition coefficient (Wildman–Crippen LogP) is 2.61. The quantitative estimate of drug-likeness (QED) is 0.790. The largest absolute Gasteiger partial charge is 0.343 e. The molecule has 7 heteroatoms. The maximum atomic E-state index is 12.0. The SMILES string of the molecule is CC1NC(=O)CN(c2ccc(Br)c(Cl)c2Cl)C1=O. The van der Waals surface area contributed by atoms with E-state index in [0.717, 1.165) is 0 Å². The summed E-state index contributed by atoms with van der Waals surface area (Å²) in [5, 5.41) is 3.13. The minimum absolute atomic E-state index is 0.0547. The maximum Gasteiger partial charge on any atom is 0.249 e. The molecule has 0 bridgehead atoms. The summed E-state index contributed by atoms with van der Waals surface area (Å²) in [6, 6.07) is 2.78. The second-order valence-electron chi connectivity index (χ2n) is 3.91. The molecule has 1 saturated heterocycles. The fraction of sp³-hybridized carbons (Fsp3) is 0.273. The van der Waals surface area contributed by atoms with Crippen LogP contribution in [0.4, 0.5) is 5.69 Å². The Bertz CT molecular complexity index is 536. The van der Waals surface area contributed by atoms with E-state index in [9.17, 15) is 9.59 Å². The van der Waals surface area contributed by atoms with Crippen molar-refractivity contribution < 1.29 is 9.59 Å². The van der Waals surface area contributed by atoms with Gasteiger partial charge in [0.25, 0.3) is 0 Å². The van der Waals surface area contributed by atoms with Crippen molar-refractivity contribution in [3.05, 3.63) is 26.7 Å². The molecule has 2 amide bonds. The summed E-state index contributed by atoms with van der Waals surface area (Å²) in [6.45, 7) is 1.57. The topological polar surface area (TPSA) is 49.4 Å². The van der Waals surface area contributed by atoms with Crippen LogP contribution in [0.5, 0.6) is 0 Å². The first-order valence-corrected chi connectivity index (χ1v) is 6.71. The number of nitrogens with zero attached hydrogens (tertiary/aromatic N) is 1. The summed E-state index contributed by atoms with van der Waals surface area (Å²) in [6.07, 6.45) is 0. The molecular weight excluding hydrogens is 343 g/mol. The van der Waals surface area contributed by atoms with Crippen molar-refractivity contribution in [1.82, 2.24) is 5.32 Å². The average molecular weight is 352 g/mol. The minimum Gasteiger partial charge on any atom is -0.343 e. The number of benzene rings is 1. The minimum atomic E-state index is -0.565. The van der Waals surface area contributed by atoms with Crippen LogP contribution in [0.15, 0.2) is 16.6 Å². The Balaban J connectivity index is 2.45. The Morgan fingerprint density at radius 1 is 1.33 bits per heavy atom. The molecule has 1 heterocycles. The molecule has 0 saturated carbocycles. The van der Waals surface area contributed by atoms with Crippen LogP contribution in [0.3, 0.4) is 0 Å². The molecule has 1 aromatic rings. The zero-order chi connectivity index (χ0) is 13.4. The van der Waals surface area contributed by atoms with Crippen molar-refractivity contribution in [3.8, 4) is 0 Å². The Labute approximate surface area is 122 Å². The van der Waals surface area contributed by atoms with E-state index in [2.05, 4.69) is 21.2 Å². The maximum absolute atomic E-state index is 12.0. The standard InChI is InChI=1S/C11H9BrCl2N2O2/c1-5-11(18)16(4-8(17)15-5)7-3-2-6(12)9(13)10(7)14/h2-3,5H,4H2,1H3,(H,15,17). The second kappa shape index (κ2) is 5.07. The first-order valence-electron chi connectivity index (χ1n) is 5.16. The van der Waals surface area contributed by atoms with Crippen LogP contribution in [0, 0.1) is 0 Å². The number of carbonyl (C=O) groups excluding carboxylic acids is 2. The number of hydrogen-bond donors (Lipinski definition) is 1. The van der Waals surface area contributed by atoms with Gasteiger partial charge in [-0.1, -0.05) is 23.2 Å². The van der Waals surface area contributed by atoms with Gasteiger partial charge in [-0.15, -0.1) is 0 Å². The van der Waals surface area contributed by atoms with E-state index in [1.54, 1.807) is 19.1 Å². The lowest BCUT2D eigenvalue weighted by Crippen LogP contribution is -2.57. The Kier molecular flexibility index (Phi) is 3.84. The van der Waals surface area contributed by atoms with Crippen molar-refractivity contribution in [3.63, 3.8) is 0 Å². The fourth-order valence-electron chi connectivity index (χ4n) is 1.73. The summed E-state index contributed by atoms with van der Waals surface area (Å²) in [7, 11) is 0. The number of hydrogen-bond acceptors (Lipinski definition) is 2. The van der Waals surface area contributed by atoms with Gasteiger partial charge in [0.05, 0.1) is 15.7 Å². The highest BCUT2D eigenvalue weighted by Crippen LogP contribution is 2.38. The summed E-state index contributed by atoms with van der Waals surface area (Å²) >= 11 is 15.4. The van der Waals surface area contributed by atoms with Crippen LogP contribution < -0.4 is 10.2 Å². The first-order chi connectivity index (χ1) is 8.41. The van der Waals surface area contributed by atoms with E-state index in [1.165, 1.54) is 4.90 Å². The molecule has 18 heavy (non-hydrogen) atoms. The molecule has 4 nitrogen and oxygen atoms in total. The van der Waals surface area contributed by atoms with E-state index >= 15 is 0 Å². The lowest BCUT2D eigenvalue weighted by atomic mass is 10.2. The van der Waals surface area contributed by atoms with Gasteiger partial charge in [-0.05, 0) is 35.0 Å². The molecule has 0 aromatic heterocycles. The fourth-order valence-corrected chi connectivity index (χ4v) is 2.60. The molecule has 1 unspecified atom stereocenters. The summed E-state index contributed by atoms with van der Waals surface area (Å²) in [5.74, 6) is -0.438. The third-order valence-electron chi connectivity index (χ3n) is 2.62. The summed E-state index contributed by atoms with van der Waals surface area (Å²) in [4.78, 5) is 24.8. The van der Waals surface area contributed by atoms with Gasteiger partial charge >= 0.3 is 0 Å². The number of nitrogens with one attached hydrogen (secondary N) is 1. The summed E-state index contributed by atoms with van der Waals surface area (Å²) < 4.78 is 0.639. The van der Waals surface area contributed by atoms with Crippen LogP contribution in [0.2, 0.25) is 10.0 Å². The van der Waals surface area contributed by atoms with Gasteiger partial charge in [-0.25, -0.2) is 0 Å². The summed E-state index contributed by atoms with van der Waals surface area (Å²) in [5.41, 5.74) is 0.441. The van der Waals surface area contributed by atoms with Crippen molar-refractivity contribution >= 4 is 56.6 Å². The molecule has 1 aliphatic heterocycles. The van der Waals surface area contributed by atoms with Gasteiger partial charge in [-0.2, -0.15) is 0 Å². The number of carbonyl (C=O) groups is 2. The van der Waals surface area contributed by atoms with E-state index in [-0.39, 0.29) is 23.4 Å². The number of halogens is 3. The van der Waals surface area contributed by atoms with Crippen molar-refractivity contribution in [2.75, 3.05) is 11.4 Å². The smallest absolute Gasteiger partial charge is 0.249 e. The predicted molar refractivity (Wildman–Crippen MR) is 74.1 cm³/mol. The molecule has 96 valence electrons. The zero-order valence-corrected chi connectivity index (χ0v) is 12.4.